The van der Waals surface area contributed by atoms with Gasteiger partial charge in [-0.05, 0) is 11.6 Å². The fourth-order valence-corrected chi connectivity index (χ4v) is 1.49. The number of allylic oxidation sites excluding steroid dienone is 2. The second kappa shape index (κ2) is 2.98. The molecule has 1 aliphatic carbocycles. The highest BCUT2D eigenvalue weighted by molar-refractivity contribution is 5.74. The van der Waals surface area contributed by atoms with Crippen LogP contribution in [0.1, 0.15) is 25.0 Å². The molecule has 0 spiro atoms. The highest BCUT2D eigenvalue weighted by Crippen LogP contribution is 2.29. The van der Waals surface area contributed by atoms with Gasteiger partial charge >= 0.3 is 0 Å². The number of fused-ring (bicyclic) bond motifs is 1. The average molecular weight is 186 g/mol. The Labute approximate surface area is 84.2 Å². The molecule has 1 heterocycles. The topological polar surface area (TPSA) is 38.9 Å². The fourth-order valence-electron chi connectivity index (χ4n) is 1.49. The minimum Gasteiger partial charge on any atom is -0.383 e. The van der Waals surface area contributed by atoms with Crippen LogP contribution in [0.3, 0.4) is 0 Å². The molecule has 2 heteroatoms. The summed E-state index contributed by atoms with van der Waals surface area (Å²) in [6.45, 7) is 4.32. The molecule has 0 saturated carbocycles. The van der Waals surface area contributed by atoms with Crippen molar-refractivity contribution in [2.24, 2.45) is 5.41 Å². The smallest absolute Gasteiger partial charge is 0.131 e. The lowest BCUT2D eigenvalue weighted by Gasteiger charge is -2.12. The summed E-state index contributed by atoms with van der Waals surface area (Å²) >= 11 is 0. The summed E-state index contributed by atoms with van der Waals surface area (Å²) in [5, 5.41) is 0. The van der Waals surface area contributed by atoms with E-state index in [0.29, 0.717) is 5.82 Å². The van der Waals surface area contributed by atoms with E-state index >= 15 is 0 Å². The number of nitrogen functional groups attached to an aromatic ring is 1. The SMILES string of the molecule is CC1(C)C=Cc2ccnc(N)c2C=C1. The molecule has 2 nitrogen and oxygen atoms in total. The van der Waals surface area contributed by atoms with E-state index in [0.717, 1.165) is 11.1 Å². The largest absolute Gasteiger partial charge is 0.383 e. The molecule has 2 rings (SSSR count). The van der Waals surface area contributed by atoms with E-state index in [2.05, 4.69) is 43.1 Å². The van der Waals surface area contributed by atoms with E-state index in [1.165, 1.54) is 0 Å². The molecule has 72 valence electrons. The molecule has 0 unspecified atom stereocenters. The maximum Gasteiger partial charge on any atom is 0.131 e. The molecule has 2 N–H and O–H groups in total. The van der Waals surface area contributed by atoms with E-state index < -0.39 is 0 Å². The third-order valence-corrected chi connectivity index (χ3v) is 2.43. The van der Waals surface area contributed by atoms with Crippen LogP contribution in [0.2, 0.25) is 0 Å². The van der Waals surface area contributed by atoms with Crippen molar-refractivity contribution in [1.82, 2.24) is 4.98 Å². The first kappa shape index (κ1) is 9.00. The van der Waals surface area contributed by atoms with Crippen molar-refractivity contribution >= 4 is 18.0 Å². The van der Waals surface area contributed by atoms with Crippen LogP contribution < -0.4 is 5.73 Å². The molecule has 1 aromatic rings. The van der Waals surface area contributed by atoms with Gasteiger partial charge in [0.2, 0.25) is 0 Å². The summed E-state index contributed by atoms with van der Waals surface area (Å²) in [6.07, 6.45) is 10.2. The molecule has 0 bridgehead atoms. The average Bonchev–Trinajstić information content (AvgIpc) is 2.27. The van der Waals surface area contributed by atoms with E-state index in [-0.39, 0.29) is 5.41 Å². The van der Waals surface area contributed by atoms with Crippen LogP contribution in [-0.2, 0) is 0 Å². The predicted molar refractivity (Wildman–Crippen MR) is 60.5 cm³/mol. The van der Waals surface area contributed by atoms with Crippen molar-refractivity contribution < 1.29 is 0 Å². The van der Waals surface area contributed by atoms with Crippen LogP contribution in [0, 0.1) is 5.41 Å². The first-order chi connectivity index (χ1) is 6.58. The van der Waals surface area contributed by atoms with Gasteiger partial charge in [0.05, 0.1) is 0 Å². The third-order valence-electron chi connectivity index (χ3n) is 2.43. The van der Waals surface area contributed by atoms with Gasteiger partial charge in [0, 0.05) is 17.2 Å². The lowest BCUT2D eigenvalue weighted by atomic mass is 9.93. The minimum atomic E-state index is 0.0887. The van der Waals surface area contributed by atoms with Crippen LogP contribution in [0.5, 0.6) is 0 Å². The maximum absolute atomic E-state index is 5.80. The van der Waals surface area contributed by atoms with E-state index in [1.54, 1.807) is 6.20 Å². The fraction of sp³-hybridized carbons (Fsp3) is 0.250. The molecule has 0 fully saturated rings. The summed E-state index contributed by atoms with van der Waals surface area (Å²) in [4.78, 5) is 4.07. The number of hydrogen-bond acceptors (Lipinski definition) is 2. The Kier molecular flexibility index (Phi) is 1.92. The molecule has 1 aromatic heterocycles. The Bertz CT molecular complexity index is 414. The highest BCUT2D eigenvalue weighted by atomic mass is 14.8. The zero-order chi connectivity index (χ0) is 10.2. The molecule has 0 aliphatic heterocycles. The van der Waals surface area contributed by atoms with Gasteiger partial charge in [-0.15, -0.1) is 0 Å². The van der Waals surface area contributed by atoms with Crippen LogP contribution >= 0.6 is 0 Å². The quantitative estimate of drug-likeness (QED) is 0.676. The monoisotopic (exact) mass is 186 g/mol. The number of aromatic nitrogens is 1. The third kappa shape index (κ3) is 1.55. The number of pyridine rings is 1. The van der Waals surface area contributed by atoms with E-state index in [9.17, 15) is 0 Å². The second-order valence-corrected chi connectivity index (χ2v) is 4.19. The van der Waals surface area contributed by atoms with Gasteiger partial charge < -0.3 is 5.73 Å². The van der Waals surface area contributed by atoms with Crippen LogP contribution in [0.25, 0.3) is 12.2 Å². The summed E-state index contributed by atoms with van der Waals surface area (Å²) in [5.41, 5.74) is 8.05. The van der Waals surface area contributed by atoms with Gasteiger partial charge in [-0.2, -0.15) is 0 Å². The first-order valence-corrected chi connectivity index (χ1v) is 4.71. The summed E-state index contributed by atoms with van der Waals surface area (Å²) in [5.74, 6) is 0.598. The predicted octanol–water partition coefficient (Wildman–Crippen LogP) is 2.73. The number of nitrogens with two attached hydrogens (primary N) is 1. The van der Waals surface area contributed by atoms with Crippen molar-refractivity contribution in [1.29, 1.82) is 0 Å². The number of anilines is 1. The maximum atomic E-state index is 5.80. The Morgan fingerprint density at radius 2 is 1.93 bits per heavy atom. The molecule has 14 heavy (non-hydrogen) atoms. The molecular weight excluding hydrogens is 172 g/mol. The van der Waals surface area contributed by atoms with Crippen molar-refractivity contribution in [3.05, 3.63) is 35.5 Å². The number of hydrogen-bond donors (Lipinski definition) is 1. The second-order valence-electron chi connectivity index (χ2n) is 4.19. The van der Waals surface area contributed by atoms with Crippen LogP contribution in [0.4, 0.5) is 5.82 Å². The molecule has 0 atom stereocenters. The molecule has 0 aromatic carbocycles. The Morgan fingerprint density at radius 1 is 1.21 bits per heavy atom. The van der Waals surface area contributed by atoms with Gasteiger partial charge in [0.15, 0.2) is 0 Å². The Morgan fingerprint density at radius 3 is 2.71 bits per heavy atom. The van der Waals surface area contributed by atoms with Crippen molar-refractivity contribution in [2.75, 3.05) is 5.73 Å². The summed E-state index contributed by atoms with van der Waals surface area (Å²) < 4.78 is 0. The number of nitrogens with zero attached hydrogens (tertiary/aromatic N) is 1. The molecule has 1 aliphatic rings. The molecular formula is C12H14N2. The summed E-state index contributed by atoms with van der Waals surface area (Å²) in [6, 6.07) is 1.98. The highest BCUT2D eigenvalue weighted by Gasteiger charge is 2.13. The molecule has 0 amide bonds. The van der Waals surface area contributed by atoms with Gasteiger partial charge in [0.1, 0.15) is 5.82 Å². The van der Waals surface area contributed by atoms with Gasteiger partial charge in [-0.1, -0.05) is 38.2 Å². The molecule has 0 saturated heterocycles. The summed E-state index contributed by atoms with van der Waals surface area (Å²) in [7, 11) is 0. The Hall–Kier alpha value is -1.57. The lowest BCUT2D eigenvalue weighted by Crippen LogP contribution is -2.00. The van der Waals surface area contributed by atoms with E-state index in [4.69, 9.17) is 5.73 Å². The van der Waals surface area contributed by atoms with Gasteiger partial charge in [0.25, 0.3) is 0 Å². The first-order valence-electron chi connectivity index (χ1n) is 4.71. The van der Waals surface area contributed by atoms with E-state index in [1.807, 2.05) is 6.07 Å². The zero-order valence-corrected chi connectivity index (χ0v) is 8.49. The van der Waals surface area contributed by atoms with Gasteiger partial charge in [-0.3, -0.25) is 0 Å². The standard InChI is InChI=1S/C12H14N2/c1-12(2)6-3-9-5-8-14-11(13)10(9)4-7-12/h3-8H,1-2H3,(H2,13,14). The number of rotatable bonds is 0. The van der Waals surface area contributed by atoms with Crippen molar-refractivity contribution in [2.45, 2.75) is 13.8 Å². The van der Waals surface area contributed by atoms with Gasteiger partial charge in [-0.25, -0.2) is 4.98 Å². The zero-order valence-electron chi connectivity index (χ0n) is 8.49. The van der Waals surface area contributed by atoms with Crippen LogP contribution in [-0.4, -0.2) is 4.98 Å². The van der Waals surface area contributed by atoms with Crippen LogP contribution in [0.15, 0.2) is 24.4 Å². The molecule has 0 radical (unpaired) electrons. The lowest BCUT2D eigenvalue weighted by molar-refractivity contribution is 0.633. The van der Waals surface area contributed by atoms with Crippen molar-refractivity contribution in [3.63, 3.8) is 0 Å². The Balaban J connectivity index is 2.60. The van der Waals surface area contributed by atoms with Crippen molar-refractivity contribution in [3.8, 4) is 0 Å². The normalized spacial score (nSPS) is 17.6. The minimum absolute atomic E-state index is 0.0887.